The van der Waals surface area contributed by atoms with E-state index in [1.165, 1.54) is 24.5 Å². The molecule has 0 saturated heterocycles. The first-order valence-corrected chi connectivity index (χ1v) is 27.3. The van der Waals surface area contributed by atoms with Gasteiger partial charge in [-0.3, -0.25) is 47.9 Å². The van der Waals surface area contributed by atoms with Gasteiger partial charge in [-0.15, -0.1) is 0 Å². The maximum Gasteiger partial charge on any atom is 0.242 e. The average molecular weight is 1100 g/mol. The second-order valence-electron chi connectivity index (χ2n) is 19.7. The highest BCUT2D eigenvalue weighted by Crippen LogP contribution is 2.14. The molecule has 6 atom stereocenters. The number of amides is 10. The number of nitrogens with one attached hydrogen (secondary N) is 1. The summed E-state index contributed by atoms with van der Waals surface area (Å²) >= 11 is 0. The Balaban J connectivity index is 6.56. The molecule has 0 rings (SSSR count). The number of aliphatic hydroxyl groups is 4. The summed E-state index contributed by atoms with van der Waals surface area (Å²) in [6.45, 7) is 13.3. The summed E-state index contributed by atoms with van der Waals surface area (Å²) in [6, 6.07) is -2.29. The molecule has 0 aromatic rings. The Kier molecular flexibility index (Phi) is 35.4. The number of rotatable bonds is 40. The predicted octanol–water partition coefficient (Wildman–Crippen LogP) is -1.72. The molecule has 0 aliphatic rings. The minimum absolute atomic E-state index is 0.00985. The van der Waals surface area contributed by atoms with Crippen LogP contribution < -0.4 is 11.1 Å². The molecule has 0 aliphatic carbocycles. The topological polar surface area (TPSA) is 319 Å². The molecular formula is C52H97N11O14. The Morgan fingerprint density at radius 1 is 0.338 bits per heavy atom. The van der Waals surface area contributed by atoms with Gasteiger partial charge in [-0.05, 0) is 80.1 Å². The molecule has 77 heavy (non-hydrogen) atoms. The molecule has 7 N–H and O–H groups in total. The molecule has 0 unspecified atom stereocenters. The second kappa shape index (κ2) is 38.1. The summed E-state index contributed by atoms with van der Waals surface area (Å²) in [5.41, 5.74) is 5.42. The number of nitrogens with two attached hydrogens (primary N) is 1. The summed E-state index contributed by atoms with van der Waals surface area (Å²) in [5.74, 6) is -6.48. The maximum atomic E-state index is 14.3. The van der Waals surface area contributed by atoms with E-state index in [1.54, 1.807) is 55.4 Å². The van der Waals surface area contributed by atoms with Crippen molar-refractivity contribution in [3.8, 4) is 0 Å². The van der Waals surface area contributed by atoms with Crippen molar-refractivity contribution < 1.29 is 68.4 Å². The Morgan fingerprint density at radius 3 is 0.805 bits per heavy atom. The van der Waals surface area contributed by atoms with Crippen LogP contribution in [0.5, 0.6) is 0 Å². The van der Waals surface area contributed by atoms with Crippen molar-refractivity contribution in [1.29, 1.82) is 0 Å². The van der Waals surface area contributed by atoms with E-state index >= 15 is 0 Å². The molecule has 444 valence electrons. The van der Waals surface area contributed by atoms with Crippen molar-refractivity contribution in [2.75, 3.05) is 118 Å². The van der Waals surface area contributed by atoms with Gasteiger partial charge in [-0.2, -0.15) is 0 Å². The van der Waals surface area contributed by atoms with Crippen LogP contribution in [0.1, 0.15) is 122 Å². The van der Waals surface area contributed by atoms with Crippen LogP contribution in [0.15, 0.2) is 0 Å². The fraction of sp³-hybridized carbons (Fsp3) is 0.808. The van der Waals surface area contributed by atoms with Gasteiger partial charge in [0, 0.05) is 62.4 Å². The maximum absolute atomic E-state index is 14.3. The number of aliphatic hydroxyl groups excluding tert-OH is 4. The predicted molar refractivity (Wildman–Crippen MR) is 289 cm³/mol. The minimum Gasteiger partial charge on any atom is -0.395 e. The molecule has 0 bridgehead atoms. The third-order valence-corrected chi connectivity index (χ3v) is 14.2. The van der Waals surface area contributed by atoms with Crippen LogP contribution in [0.4, 0.5) is 0 Å². The lowest BCUT2D eigenvalue weighted by molar-refractivity contribution is -0.151. The highest BCUT2D eigenvalue weighted by molar-refractivity contribution is 5.94. The zero-order chi connectivity index (χ0) is 59.1. The van der Waals surface area contributed by atoms with Crippen LogP contribution in [0.3, 0.4) is 0 Å². The molecule has 0 aromatic heterocycles. The molecule has 0 saturated carbocycles. The quantitative estimate of drug-likeness (QED) is 0.0398. The molecule has 0 heterocycles. The van der Waals surface area contributed by atoms with Crippen LogP contribution in [-0.2, 0) is 47.9 Å². The molecule has 10 amide bonds. The van der Waals surface area contributed by atoms with Crippen LogP contribution in [0.2, 0.25) is 0 Å². The lowest BCUT2D eigenvalue weighted by atomic mass is 10.1. The van der Waals surface area contributed by atoms with Gasteiger partial charge < -0.3 is 75.6 Å². The van der Waals surface area contributed by atoms with E-state index in [0.717, 1.165) is 26.0 Å². The molecular weight excluding hydrogens is 1000 g/mol. The van der Waals surface area contributed by atoms with Gasteiger partial charge in [-0.1, -0.05) is 41.5 Å². The SMILES string of the molecule is CC[C@@H](C)NCC(=O)N(CC(=O)N(CCO)CC(=O)N(CCO)CC(=O)N(CC(=O)N(CC(=O)N(CCO)CC(=O)N(CCO)CC(=O)N(CC(=O)N(CC(N)=O)[C@H](C)CC)[C@H](C)CC)[C@H](C)CC)[C@H](C)CC)[C@H](C)CC. The highest BCUT2D eigenvalue weighted by atomic mass is 16.3. The van der Waals surface area contributed by atoms with Gasteiger partial charge in [0.05, 0.1) is 65.7 Å². The molecule has 0 radical (unpaired) electrons. The van der Waals surface area contributed by atoms with Gasteiger partial charge in [0.1, 0.15) is 26.2 Å². The number of hydrogen-bond donors (Lipinski definition) is 6. The van der Waals surface area contributed by atoms with Crippen molar-refractivity contribution in [2.24, 2.45) is 5.73 Å². The molecule has 25 nitrogen and oxygen atoms in total. The third-order valence-electron chi connectivity index (χ3n) is 14.2. The van der Waals surface area contributed by atoms with E-state index in [2.05, 4.69) is 5.32 Å². The summed E-state index contributed by atoms with van der Waals surface area (Å²) in [4.78, 5) is 147. The first-order chi connectivity index (χ1) is 36.3. The van der Waals surface area contributed by atoms with Crippen LogP contribution >= 0.6 is 0 Å². The summed E-state index contributed by atoms with van der Waals surface area (Å²) in [5, 5.41) is 43.0. The molecule has 0 spiro atoms. The normalized spacial score (nSPS) is 13.5. The Hall–Kier alpha value is -5.50. The van der Waals surface area contributed by atoms with Crippen molar-refractivity contribution in [2.45, 2.75) is 158 Å². The lowest BCUT2D eigenvalue weighted by Crippen LogP contribution is -2.56. The van der Waals surface area contributed by atoms with Gasteiger partial charge in [0.2, 0.25) is 59.1 Å². The van der Waals surface area contributed by atoms with Crippen molar-refractivity contribution in [3.05, 3.63) is 0 Å². The number of carbonyl (C=O) groups is 10. The molecule has 25 heteroatoms. The molecule has 0 aromatic carbocycles. The van der Waals surface area contributed by atoms with E-state index in [0.29, 0.717) is 32.1 Å². The third kappa shape index (κ3) is 24.8. The lowest BCUT2D eigenvalue weighted by Gasteiger charge is -2.36. The smallest absolute Gasteiger partial charge is 0.242 e. The summed E-state index contributed by atoms with van der Waals surface area (Å²) < 4.78 is 0. The first kappa shape index (κ1) is 71.5. The van der Waals surface area contributed by atoms with E-state index in [9.17, 15) is 68.4 Å². The first-order valence-electron chi connectivity index (χ1n) is 27.3. The van der Waals surface area contributed by atoms with Gasteiger partial charge in [0.25, 0.3) is 0 Å². The van der Waals surface area contributed by atoms with Crippen LogP contribution in [0.25, 0.3) is 0 Å². The molecule has 0 aliphatic heterocycles. The zero-order valence-corrected chi connectivity index (χ0v) is 48.4. The Labute approximate surface area is 457 Å². The fourth-order valence-electron chi connectivity index (χ4n) is 7.88. The summed E-state index contributed by atoms with van der Waals surface area (Å²) in [6.07, 6.45) is 2.98. The fourth-order valence-corrected chi connectivity index (χ4v) is 7.88. The van der Waals surface area contributed by atoms with E-state index < -0.39 is 144 Å². The van der Waals surface area contributed by atoms with Crippen molar-refractivity contribution in [1.82, 2.24) is 49.4 Å². The van der Waals surface area contributed by atoms with E-state index in [-0.39, 0.29) is 69.8 Å². The van der Waals surface area contributed by atoms with Gasteiger partial charge >= 0.3 is 0 Å². The van der Waals surface area contributed by atoms with Gasteiger partial charge in [-0.25, -0.2) is 0 Å². The largest absolute Gasteiger partial charge is 0.395 e. The van der Waals surface area contributed by atoms with Crippen molar-refractivity contribution >= 4 is 59.1 Å². The Morgan fingerprint density at radius 2 is 0.558 bits per heavy atom. The summed E-state index contributed by atoms with van der Waals surface area (Å²) in [7, 11) is 0. The number of nitrogens with zero attached hydrogens (tertiary/aromatic N) is 9. The van der Waals surface area contributed by atoms with Crippen LogP contribution in [0, 0.1) is 0 Å². The van der Waals surface area contributed by atoms with E-state index in [1.807, 2.05) is 27.7 Å². The van der Waals surface area contributed by atoms with Crippen molar-refractivity contribution in [3.63, 3.8) is 0 Å². The number of carbonyl (C=O) groups excluding carboxylic acids is 10. The second-order valence-corrected chi connectivity index (χ2v) is 19.7. The monoisotopic (exact) mass is 1100 g/mol. The Bertz CT molecular complexity index is 1880. The number of hydrogen-bond acceptors (Lipinski definition) is 15. The average Bonchev–Trinajstić information content (AvgIpc) is 3.40. The standard InChI is InChI=1S/C52H97N11O14/c1-13-37(7)54-27-44(69)60(39(9)15-3)33-47(72)55(19-23-64)29-45(70)58(22-26-67)32-50(75)63(42(12)18-6)36-52(77)61(40(10)16-4)34-48(73)56(20-24-65)30-46(71)57(21-25-66)31-49(74)62(41(11)17-5)35-51(76)59(28-43(53)68)38(8)14-2/h37-42,54,64-67H,13-36H2,1-12H3,(H2,53,68)/t37-,38-,39-,40-,41-,42-/m1/s1. The number of primary amides is 1. The van der Waals surface area contributed by atoms with Gasteiger partial charge in [0.15, 0.2) is 0 Å². The highest BCUT2D eigenvalue weighted by Gasteiger charge is 2.34. The molecule has 0 fully saturated rings. The van der Waals surface area contributed by atoms with Crippen LogP contribution in [-0.4, -0.2) is 278 Å². The minimum atomic E-state index is -0.784. The zero-order valence-electron chi connectivity index (χ0n) is 48.4. The van der Waals surface area contributed by atoms with E-state index in [4.69, 9.17) is 5.73 Å².